The zero-order chi connectivity index (χ0) is 23.1. The highest BCUT2D eigenvalue weighted by atomic mass is 35.5. The van der Waals surface area contributed by atoms with Crippen LogP contribution in [0.3, 0.4) is 0 Å². The van der Waals surface area contributed by atoms with Gasteiger partial charge in [0.05, 0.1) is 17.7 Å². The molecule has 1 N–H and O–H groups in total. The van der Waals surface area contributed by atoms with Gasteiger partial charge in [-0.3, -0.25) is 4.79 Å². The SMILES string of the molecule is O=C(CN(Cc1cccc(Cl)c1)S(=O)(=O)c1ccc(Cl)cc1)N/N=C\c1cccc(F)c1. The number of hydrazone groups is 1. The second-order valence-corrected chi connectivity index (χ2v) is 9.52. The lowest BCUT2D eigenvalue weighted by Gasteiger charge is -2.21. The topological polar surface area (TPSA) is 78.8 Å². The number of halogens is 3. The summed E-state index contributed by atoms with van der Waals surface area (Å²) in [7, 11) is -4.04. The number of nitrogens with zero attached hydrogens (tertiary/aromatic N) is 2. The lowest BCUT2D eigenvalue weighted by molar-refractivity contribution is -0.121. The van der Waals surface area contributed by atoms with Gasteiger partial charge in [-0.1, -0.05) is 47.5 Å². The summed E-state index contributed by atoms with van der Waals surface area (Å²) in [5, 5.41) is 4.60. The van der Waals surface area contributed by atoms with Crippen molar-refractivity contribution in [1.29, 1.82) is 0 Å². The summed E-state index contributed by atoms with van der Waals surface area (Å²) in [5.74, 6) is -1.11. The van der Waals surface area contributed by atoms with Crippen molar-refractivity contribution in [3.8, 4) is 0 Å². The van der Waals surface area contributed by atoms with Crippen LogP contribution < -0.4 is 5.43 Å². The molecule has 0 unspecified atom stereocenters. The van der Waals surface area contributed by atoms with E-state index >= 15 is 0 Å². The summed E-state index contributed by atoms with van der Waals surface area (Å²) in [6.45, 7) is -0.593. The second-order valence-electron chi connectivity index (χ2n) is 6.71. The molecule has 0 aliphatic carbocycles. The number of nitrogens with one attached hydrogen (secondary N) is 1. The van der Waals surface area contributed by atoms with Crippen LogP contribution in [0.4, 0.5) is 4.39 Å². The van der Waals surface area contributed by atoms with E-state index in [2.05, 4.69) is 10.5 Å². The highest BCUT2D eigenvalue weighted by Crippen LogP contribution is 2.21. The first-order valence-corrected chi connectivity index (χ1v) is 11.5. The molecule has 0 fully saturated rings. The number of hydrogen-bond acceptors (Lipinski definition) is 4. The summed E-state index contributed by atoms with van der Waals surface area (Å²) in [6.07, 6.45) is 1.26. The Morgan fingerprint density at radius 1 is 1.00 bits per heavy atom. The molecule has 0 atom stereocenters. The molecule has 3 aromatic rings. The lowest BCUT2D eigenvalue weighted by Crippen LogP contribution is -2.39. The molecule has 0 spiro atoms. The van der Waals surface area contributed by atoms with Crippen molar-refractivity contribution >= 4 is 45.3 Å². The molecule has 10 heteroatoms. The van der Waals surface area contributed by atoms with Gasteiger partial charge in [-0.15, -0.1) is 0 Å². The quantitative estimate of drug-likeness (QED) is 0.371. The minimum Gasteiger partial charge on any atom is -0.272 e. The second kappa shape index (κ2) is 10.7. The Balaban J connectivity index is 1.80. The van der Waals surface area contributed by atoms with Gasteiger partial charge in [-0.05, 0) is 59.7 Å². The number of amides is 1. The van der Waals surface area contributed by atoms with E-state index in [1.807, 2.05) is 0 Å². The predicted molar refractivity (Wildman–Crippen MR) is 123 cm³/mol. The Hall–Kier alpha value is -2.78. The van der Waals surface area contributed by atoms with Gasteiger partial charge in [0.15, 0.2) is 0 Å². The Kier molecular flexibility index (Phi) is 7.98. The third kappa shape index (κ3) is 6.61. The van der Waals surface area contributed by atoms with E-state index in [4.69, 9.17) is 23.2 Å². The Labute approximate surface area is 195 Å². The van der Waals surface area contributed by atoms with Crippen LogP contribution in [0.15, 0.2) is 82.8 Å². The molecular weight excluding hydrogens is 476 g/mol. The first-order chi connectivity index (χ1) is 15.2. The number of hydrogen-bond donors (Lipinski definition) is 1. The standard InChI is InChI=1S/C22H18Cl2FN3O3S/c23-18-7-9-21(10-8-18)32(30,31)28(14-17-4-1-5-19(24)11-17)15-22(29)27-26-13-16-3-2-6-20(25)12-16/h1-13H,14-15H2,(H,27,29)/b26-13-. The van der Waals surface area contributed by atoms with Crippen molar-refractivity contribution in [3.63, 3.8) is 0 Å². The fraction of sp³-hybridized carbons (Fsp3) is 0.0909. The third-order valence-electron chi connectivity index (χ3n) is 4.27. The van der Waals surface area contributed by atoms with Crippen LogP contribution in [0.1, 0.15) is 11.1 Å². The summed E-state index contributed by atoms with van der Waals surface area (Å²) < 4.78 is 40.6. The van der Waals surface area contributed by atoms with Crippen LogP contribution in [0, 0.1) is 5.82 Å². The van der Waals surface area contributed by atoms with Crippen molar-refractivity contribution in [3.05, 3.63) is 99.8 Å². The lowest BCUT2D eigenvalue weighted by atomic mass is 10.2. The summed E-state index contributed by atoms with van der Waals surface area (Å²) in [5.41, 5.74) is 3.31. The number of sulfonamides is 1. The summed E-state index contributed by atoms with van der Waals surface area (Å²) in [4.78, 5) is 12.4. The molecule has 32 heavy (non-hydrogen) atoms. The molecule has 3 aromatic carbocycles. The maximum atomic E-state index is 13.2. The van der Waals surface area contributed by atoms with Crippen LogP contribution in [-0.2, 0) is 21.4 Å². The Morgan fingerprint density at radius 2 is 1.72 bits per heavy atom. The normalized spacial score (nSPS) is 11.8. The molecular formula is C22H18Cl2FN3O3S. The van der Waals surface area contributed by atoms with E-state index < -0.39 is 28.3 Å². The predicted octanol–water partition coefficient (Wildman–Crippen LogP) is 4.47. The van der Waals surface area contributed by atoms with Crippen LogP contribution >= 0.6 is 23.2 Å². The van der Waals surface area contributed by atoms with E-state index in [1.165, 1.54) is 48.7 Å². The number of carbonyl (C=O) groups excluding carboxylic acids is 1. The molecule has 0 aromatic heterocycles. The van der Waals surface area contributed by atoms with Crippen LogP contribution in [0.5, 0.6) is 0 Å². The molecule has 0 bridgehead atoms. The van der Waals surface area contributed by atoms with Gasteiger partial charge >= 0.3 is 0 Å². The summed E-state index contributed by atoms with van der Waals surface area (Å²) >= 11 is 11.9. The van der Waals surface area contributed by atoms with E-state index in [0.717, 1.165) is 4.31 Å². The van der Waals surface area contributed by atoms with Gasteiger partial charge < -0.3 is 0 Å². The van der Waals surface area contributed by atoms with Gasteiger partial charge in [0.1, 0.15) is 5.82 Å². The monoisotopic (exact) mass is 493 g/mol. The Morgan fingerprint density at radius 3 is 2.41 bits per heavy atom. The molecule has 0 heterocycles. The highest BCUT2D eigenvalue weighted by Gasteiger charge is 2.27. The highest BCUT2D eigenvalue weighted by molar-refractivity contribution is 7.89. The molecule has 0 aliphatic rings. The minimum atomic E-state index is -4.04. The zero-order valence-corrected chi connectivity index (χ0v) is 18.9. The average Bonchev–Trinajstić information content (AvgIpc) is 2.74. The number of benzene rings is 3. The van der Waals surface area contributed by atoms with Gasteiger partial charge in [0.2, 0.25) is 10.0 Å². The van der Waals surface area contributed by atoms with Crippen LogP contribution in [0.25, 0.3) is 0 Å². The maximum absolute atomic E-state index is 13.2. The van der Waals surface area contributed by atoms with Gasteiger partial charge in [-0.25, -0.2) is 18.2 Å². The number of rotatable bonds is 8. The van der Waals surface area contributed by atoms with Crippen molar-refractivity contribution in [2.45, 2.75) is 11.4 Å². The molecule has 166 valence electrons. The molecule has 0 saturated carbocycles. The van der Waals surface area contributed by atoms with Crippen molar-refractivity contribution in [2.24, 2.45) is 5.10 Å². The van der Waals surface area contributed by atoms with E-state index in [9.17, 15) is 17.6 Å². The first kappa shape index (κ1) is 23.9. The zero-order valence-electron chi connectivity index (χ0n) is 16.6. The van der Waals surface area contributed by atoms with Crippen LogP contribution in [-0.4, -0.2) is 31.4 Å². The number of carbonyl (C=O) groups is 1. The molecule has 0 aliphatic heterocycles. The average molecular weight is 494 g/mol. The van der Waals surface area contributed by atoms with Crippen molar-refractivity contribution < 1.29 is 17.6 Å². The maximum Gasteiger partial charge on any atom is 0.255 e. The summed E-state index contributed by atoms with van der Waals surface area (Å²) in [6, 6.07) is 17.9. The van der Waals surface area contributed by atoms with E-state index in [1.54, 1.807) is 30.3 Å². The first-order valence-electron chi connectivity index (χ1n) is 9.32. The van der Waals surface area contributed by atoms with Gasteiger partial charge in [-0.2, -0.15) is 9.41 Å². The fourth-order valence-electron chi connectivity index (χ4n) is 2.78. The van der Waals surface area contributed by atoms with Crippen molar-refractivity contribution in [2.75, 3.05) is 6.54 Å². The molecule has 3 rings (SSSR count). The van der Waals surface area contributed by atoms with E-state index in [-0.39, 0.29) is 11.4 Å². The largest absolute Gasteiger partial charge is 0.272 e. The van der Waals surface area contributed by atoms with Crippen molar-refractivity contribution in [1.82, 2.24) is 9.73 Å². The molecule has 1 amide bonds. The fourth-order valence-corrected chi connectivity index (χ4v) is 4.50. The molecule has 6 nitrogen and oxygen atoms in total. The van der Waals surface area contributed by atoms with Crippen LogP contribution in [0.2, 0.25) is 10.0 Å². The minimum absolute atomic E-state index is 0.0139. The Bertz CT molecular complexity index is 1240. The smallest absolute Gasteiger partial charge is 0.255 e. The molecule has 0 saturated heterocycles. The third-order valence-corrected chi connectivity index (χ3v) is 6.56. The van der Waals surface area contributed by atoms with E-state index in [0.29, 0.717) is 21.2 Å². The van der Waals surface area contributed by atoms with Gasteiger partial charge in [0.25, 0.3) is 5.91 Å². The van der Waals surface area contributed by atoms with Gasteiger partial charge in [0, 0.05) is 16.6 Å². The molecule has 0 radical (unpaired) electrons.